The van der Waals surface area contributed by atoms with Crippen molar-refractivity contribution in [1.82, 2.24) is 4.90 Å². The molecule has 0 aliphatic carbocycles. The van der Waals surface area contributed by atoms with Crippen LogP contribution in [-0.2, 0) is 0 Å². The van der Waals surface area contributed by atoms with Gasteiger partial charge >= 0.3 is 5.63 Å². The summed E-state index contributed by atoms with van der Waals surface area (Å²) in [5.74, 6) is 0.224. The van der Waals surface area contributed by atoms with Crippen molar-refractivity contribution in [2.75, 3.05) is 20.2 Å². The molecule has 5 nitrogen and oxygen atoms in total. The molecule has 0 saturated carbocycles. The number of rotatable bonds is 2. The summed E-state index contributed by atoms with van der Waals surface area (Å²) in [5, 5.41) is 0.683. The first-order chi connectivity index (χ1) is 9.20. The number of fused-ring (bicyclic) bond motifs is 1. The monoisotopic (exact) mass is 259 g/mol. The van der Waals surface area contributed by atoms with E-state index in [1.807, 2.05) is 0 Å². The standard InChI is InChI=1S/C14H13NO4/c1-18-11-5-2-4-9-8-10(14(17)19-12(9)11)13(16)15-6-3-7-15/h2,4-5,8H,3,6-7H2,1H3. The predicted octanol–water partition coefficient (Wildman–Crippen LogP) is 1.65. The van der Waals surface area contributed by atoms with Crippen LogP contribution in [0.25, 0.3) is 11.0 Å². The third-order valence-corrected chi connectivity index (χ3v) is 3.32. The molecule has 1 aliphatic heterocycles. The summed E-state index contributed by atoms with van der Waals surface area (Å²) < 4.78 is 10.4. The average Bonchev–Trinajstić information content (AvgIpc) is 2.35. The predicted molar refractivity (Wildman–Crippen MR) is 69.6 cm³/mol. The Morgan fingerprint density at radius 1 is 1.37 bits per heavy atom. The maximum Gasteiger partial charge on any atom is 0.349 e. The third-order valence-electron chi connectivity index (χ3n) is 3.32. The molecule has 1 amide bonds. The van der Waals surface area contributed by atoms with E-state index in [0.717, 1.165) is 6.42 Å². The van der Waals surface area contributed by atoms with E-state index in [-0.39, 0.29) is 11.5 Å². The number of likely N-dealkylation sites (tertiary alicyclic amines) is 1. The molecule has 1 aromatic carbocycles. The highest BCUT2D eigenvalue weighted by molar-refractivity contribution is 5.97. The van der Waals surface area contributed by atoms with Gasteiger partial charge in [0.05, 0.1) is 7.11 Å². The van der Waals surface area contributed by atoms with Gasteiger partial charge in [0.2, 0.25) is 0 Å². The molecule has 0 atom stereocenters. The summed E-state index contributed by atoms with van der Waals surface area (Å²) in [4.78, 5) is 25.6. The van der Waals surface area contributed by atoms with Crippen molar-refractivity contribution < 1.29 is 13.9 Å². The second-order valence-corrected chi connectivity index (χ2v) is 4.47. The van der Waals surface area contributed by atoms with Gasteiger partial charge in [0, 0.05) is 18.5 Å². The van der Waals surface area contributed by atoms with Gasteiger partial charge in [-0.15, -0.1) is 0 Å². The molecular weight excluding hydrogens is 246 g/mol. The molecule has 1 aromatic heterocycles. The lowest BCUT2D eigenvalue weighted by Crippen LogP contribution is -2.43. The van der Waals surface area contributed by atoms with Crippen LogP contribution in [0.2, 0.25) is 0 Å². The Hall–Kier alpha value is -2.30. The molecule has 0 radical (unpaired) electrons. The van der Waals surface area contributed by atoms with Crippen molar-refractivity contribution in [1.29, 1.82) is 0 Å². The maximum atomic E-state index is 12.1. The molecule has 0 spiro atoms. The van der Waals surface area contributed by atoms with Crippen molar-refractivity contribution in [2.45, 2.75) is 6.42 Å². The summed E-state index contributed by atoms with van der Waals surface area (Å²) >= 11 is 0. The van der Waals surface area contributed by atoms with Gasteiger partial charge < -0.3 is 14.1 Å². The molecule has 0 bridgehead atoms. The fourth-order valence-corrected chi connectivity index (χ4v) is 2.12. The lowest BCUT2D eigenvalue weighted by molar-refractivity contribution is 0.0647. The van der Waals surface area contributed by atoms with Crippen LogP contribution < -0.4 is 10.4 Å². The largest absolute Gasteiger partial charge is 0.493 e. The van der Waals surface area contributed by atoms with E-state index in [9.17, 15) is 9.59 Å². The molecule has 98 valence electrons. The van der Waals surface area contributed by atoms with E-state index in [4.69, 9.17) is 9.15 Å². The van der Waals surface area contributed by atoms with E-state index in [1.165, 1.54) is 7.11 Å². The zero-order valence-electron chi connectivity index (χ0n) is 10.5. The minimum absolute atomic E-state index is 0.0838. The van der Waals surface area contributed by atoms with Crippen molar-refractivity contribution in [3.05, 3.63) is 40.2 Å². The van der Waals surface area contributed by atoms with Gasteiger partial charge in [-0.05, 0) is 18.6 Å². The molecule has 19 heavy (non-hydrogen) atoms. The topological polar surface area (TPSA) is 59.8 Å². The molecule has 0 N–H and O–H groups in total. The first-order valence-corrected chi connectivity index (χ1v) is 6.11. The number of carbonyl (C=O) groups is 1. The Bertz CT molecular complexity index is 700. The smallest absolute Gasteiger partial charge is 0.349 e. The normalized spacial score (nSPS) is 14.3. The molecule has 3 rings (SSSR count). The number of benzene rings is 1. The fourth-order valence-electron chi connectivity index (χ4n) is 2.12. The summed E-state index contributed by atoms with van der Waals surface area (Å²) in [7, 11) is 1.51. The Morgan fingerprint density at radius 3 is 2.79 bits per heavy atom. The Morgan fingerprint density at radius 2 is 2.16 bits per heavy atom. The number of ether oxygens (including phenoxy) is 1. The molecular formula is C14H13NO4. The summed E-state index contributed by atoms with van der Waals surface area (Å²) in [6, 6.07) is 6.86. The SMILES string of the molecule is COc1cccc2cc(C(=O)N3CCC3)c(=O)oc12. The fraction of sp³-hybridized carbons (Fsp3) is 0.286. The quantitative estimate of drug-likeness (QED) is 0.769. The van der Waals surface area contributed by atoms with Crippen LogP contribution >= 0.6 is 0 Å². The van der Waals surface area contributed by atoms with Gasteiger partial charge in [0.25, 0.3) is 5.91 Å². The van der Waals surface area contributed by atoms with E-state index in [2.05, 4.69) is 0 Å². The van der Waals surface area contributed by atoms with Crippen molar-refractivity contribution >= 4 is 16.9 Å². The molecule has 2 aromatic rings. The van der Waals surface area contributed by atoms with Crippen molar-refractivity contribution in [3.63, 3.8) is 0 Å². The molecule has 5 heteroatoms. The number of para-hydroxylation sites is 1. The molecule has 1 fully saturated rings. The van der Waals surface area contributed by atoms with Crippen LogP contribution in [0.15, 0.2) is 33.5 Å². The molecule has 2 heterocycles. The zero-order valence-corrected chi connectivity index (χ0v) is 10.5. The van der Waals surface area contributed by atoms with Gasteiger partial charge in [-0.1, -0.05) is 12.1 Å². The van der Waals surface area contributed by atoms with Crippen LogP contribution in [0.5, 0.6) is 5.75 Å². The van der Waals surface area contributed by atoms with Crippen LogP contribution in [0.1, 0.15) is 16.8 Å². The zero-order chi connectivity index (χ0) is 13.4. The second-order valence-electron chi connectivity index (χ2n) is 4.47. The molecule has 1 saturated heterocycles. The lowest BCUT2D eigenvalue weighted by atomic mass is 10.1. The summed E-state index contributed by atoms with van der Waals surface area (Å²) in [5.41, 5.74) is -0.162. The highest BCUT2D eigenvalue weighted by Gasteiger charge is 2.25. The summed E-state index contributed by atoms with van der Waals surface area (Å²) in [6.07, 6.45) is 0.985. The molecule has 1 aliphatic rings. The average molecular weight is 259 g/mol. The van der Waals surface area contributed by atoms with Crippen LogP contribution in [0, 0.1) is 0 Å². The van der Waals surface area contributed by atoms with Gasteiger partial charge in [0.15, 0.2) is 11.3 Å². The number of hydrogen-bond acceptors (Lipinski definition) is 4. The number of carbonyl (C=O) groups excluding carboxylic acids is 1. The Labute approximate surface area is 109 Å². The minimum atomic E-state index is -0.617. The number of amides is 1. The van der Waals surface area contributed by atoms with Gasteiger partial charge in [-0.25, -0.2) is 4.79 Å². The van der Waals surface area contributed by atoms with Crippen LogP contribution in [0.4, 0.5) is 0 Å². The van der Waals surface area contributed by atoms with Gasteiger partial charge in [-0.3, -0.25) is 4.79 Å². The maximum absolute atomic E-state index is 12.1. The van der Waals surface area contributed by atoms with E-state index >= 15 is 0 Å². The van der Waals surface area contributed by atoms with Crippen molar-refractivity contribution in [3.8, 4) is 5.75 Å². The Kier molecular flexibility index (Phi) is 2.74. The van der Waals surface area contributed by atoms with Gasteiger partial charge in [-0.2, -0.15) is 0 Å². The highest BCUT2D eigenvalue weighted by Crippen LogP contribution is 2.25. The van der Waals surface area contributed by atoms with E-state index in [1.54, 1.807) is 29.2 Å². The Balaban J connectivity index is 2.14. The first-order valence-electron chi connectivity index (χ1n) is 6.11. The van der Waals surface area contributed by atoms with E-state index < -0.39 is 5.63 Å². The van der Waals surface area contributed by atoms with Crippen LogP contribution in [-0.4, -0.2) is 31.0 Å². The minimum Gasteiger partial charge on any atom is -0.493 e. The van der Waals surface area contributed by atoms with Crippen LogP contribution in [0.3, 0.4) is 0 Å². The number of methoxy groups -OCH3 is 1. The molecule has 0 unspecified atom stereocenters. The van der Waals surface area contributed by atoms with Crippen molar-refractivity contribution in [2.24, 2.45) is 0 Å². The summed E-state index contributed by atoms with van der Waals surface area (Å²) in [6.45, 7) is 1.41. The first kappa shape index (κ1) is 11.8. The van der Waals surface area contributed by atoms with E-state index in [0.29, 0.717) is 29.8 Å². The highest BCUT2D eigenvalue weighted by atomic mass is 16.5. The third kappa shape index (κ3) is 1.87. The van der Waals surface area contributed by atoms with Gasteiger partial charge in [0.1, 0.15) is 5.56 Å². The number of hydrogen-bond donors (Lipinski definition) is 0. The second kappa shape index (κ2) is 4.42. The lowest BCUT2D eigenvalue weighted by Gasteiger charge is -2.30. The number of nitrogens with zero attached hydrogens (tertiary/aromatic N) is 1.